The molecule has 0 aromatic heterocycles. The number of nitro benzene ring substituents is 1. The van der Waals surface area contributed by atoms with Gasteiger partial charge in [0.25, 0.3) is 5.69 Å². The summed E-state index contributed by atoms with van der Waals surface area (Å²) in [5.74, 6) is -0.949. The number of nitro groups is 1. The maximum Gasteiger partial charge on any atom is 0.313 e. The zero-order chi connectivity index (χ0) is 14.9. The molecule has 0 spiro atoms. The number of nitrogens with one attached hydrogen (secondary N) is 1. The van der Waals surface area contributed by atoms with Gasteiger partial charge in [-0.2, -0.15) is 0 Å². The lowest BCUT2D eigenvalue weighted by molar-refractivity contribution is -0.385. The third-order valence-corrected chi connectivity index (χ3v) is 3.78. The highest BCUT2D eigenvalue weighted by molar-refractivity contribution is 5.77. The van der Waals surface area contributed by atoms with Gasteiger partial charge in [-0.15, -0.1) is 0 Å². The van der Waals surface area contributed by atoms with Gasteiger partial charge in [0.15, 0.2) is 0 Å². The minimum Gasteiger partial charge on any atom is -0.481 e. The molecule has 0 radical (unpaired) electrons. The number of hydrogen-bond acceptors (Lipinski definition) is 5. The van der Waals surface area contributed by atoms with E-state index in [4.69, 9.17) is 4.74 Å². The summed E-state index contributed by atoms with van der Waals surface area (Å²) in [4.78, 5) is 21.8. The fraction of sp³-hybridized carbons (Fsp3) is 0.462. The summed E-state index contributed by atoms with van der Waals surface area (Å²) in [6.07, 6.45) is 0. The molecule has 1 heterocycles. The molecule has 1 aromatic rings. The van der Waals surface area contributed by atoms with Crippen LogP contribution in [0.15, 0.2) is 18.2 Å². The monoisotopic (exact) mass is 280 g/mol. The molecule has 1 aromatic carbocycles. The van der Waals surface area contributed by atoms with E-state index in [0.29, 0.717) is 11.3 Å². The van der Waals surface area contributed by atoms with Crippen LogP contribution >= 0.6 is 0 Å². The van der Waals surface area contributed by atoms with E-state index in [-0.39, 0.29) is 18.9 Å². The summed E-state index contributed by atoms with van der Waals surface area (Å²) in [5.41, 5.74) is 0.00195. The molecule has 2 N–H and O–H groups in total. The molecule has 7 nitrogen and oxygen atoms in total. The van der Waals surface area contributed by atoms with Crippen molar-refractivity contribution in [2.24, 2.45) is 5.41 Å². The van der Waals surface area contributed by atoms with E-state index in [1.807, 2.05) is 0 Å². The van der Waals surface area contributed by atoms with Crippen molar-refractivity contribution in [1.29, 1.82) is 0 Å². The Labute approximate surface area is 115 Å². The summed E-state index contributed by atoms with van der Waals surface area (Å²) >= 11 is 0. The van der Waals surface area contributed by atoms with Crippen LogP contribution in [0.5, 0.6) is 0 Å². The zero-order valence-corrected chi connectivity index (χ0v) is 11.3. The summed E-state index contributed by atoms with van der Waals surface area (Å²) in [6, 6.07) is 4.26. The second-order valence-electron chi connectivity index (χ2n) is 5.14. The molecule has 1 saturated heterocycles. The van der Waals surface area contributed by atoms with Crippen LogP contribution in [0.25, 0.3) is 0 Å². The predicted molar refractivity (Wildman–Crippen MR) is 71.8 cm³/mol. The molecule has 0 bridgehead atoms. The summed E-state index contributed by atoms with van der Waals surface area (Å²) in [5, 5.41) is 23.3. The molecular weight excluding hydrogens is 264 g/mol. The van der Waals surface area contributed by atoms with Crippen molar-refractivity contribution in [3.63, 3.8) is 0 Å². The van der Waals surface area contributed by atoms with E-state index < -0.39 is 22.3 Å². The van der Waals surface area contributed by atoms with Gasteiger partial charge in [-0.1, -0.05) is 6.07 Å². The number of hydrogen-bond donors (Lipinski definition) is 2. The van der Waals surface area contributed by atoms with Gasteiger partial charge < -0.3 is 15.2 Å². The molecule has 0 amide bonds. The van der Waals surface area contributed by atoms with Crippen molar-refractivity contribution in [2.45, 2.75) is 19.9 Å². The Hall–Kier alpha value is -2.15. The SMILES string of the molecule is Cc1c(NC2COCC2(C)C(=O)O)cccc1[N+](=O)[O-]. The fourth-order valence-electron chi connectivity index (χ4n) is 2.25. The van der Waals surface area contributed by atoms with E-state index in [0.717, 1.165) is 0 Å². The maximum atomic E-state index is 11.4. The van der Waals surface area contributed by atoms with E-state index in [1.54, 1.807) is 26.0 Å². The summed E-state index contributed by atoms with van der Waals surface area (Å²) < 4.78 is 5.25. The van der Waals surface area contributed by atoms with Crippen molar-refractivity contribution in [2.75, 3.05) is 18.5 Å². The quantitative estimate of drug-likeness (QED) is 0.644. The first-order valence-corrected chi connectivity index (χ1v) is 6.18. The number of nitrogens with zero attached hydrogens (tertiary/aromatic N) is 1. The Morgan fingerprint density at radius 1 is 1.60 bits per heavy atom. The normalized spacial score (nSPS) is 25.4. The maximum absolute atomic E-state index is 11.4. The number of rotatable bonds is 4. The molecule has 1 aliphatic rings. The van der Waals surface area contributed by atoms with Crippen molar-refractivity contribution < 1.29 is 19.6 Å². The number of ether oxygens (including phenoxy) is 1. The van der Waals surface area contributed by atoms with Gasteiger partial charge in [-0.05, 0) is 19.9 Å². The lowest BCUT2D eigenvalue weighted by atomic mass is 9.85. The zero-order valence-electron chi connectivity index (χ0n) is 11.3. The molecule has 7 heteroatoms. The van der Waals surface area contributed by atoms with Crippen molar-refractivity contribution in [3.05, 3.63) is 33.9 Å². The number of anilines is 1. The average molecular weight is 280 g/mol. The number of carboxylic acid groups (broad SMARTS) is 1. The number of carbonyl (C=O) groups is 1. The fourth-order valence-corrected chi connectivity index (χ4v) is 2.25. The first kappa shape index (κ1) is 14.3. The molecular formula is C13H16N2O5. The van der Waals surface area contributed by atoms with Crippen molar-refractivity contribution >= 4 is 17.3 Å². The van der Waals surface area contributed by atoms with Crippen LogP contribution in [0, 0.1) is 22.5 Å². The Morgan fingerprint density at radius 2 is 2.30 bits per heavy atom. The topological polar surface area (TPSA) is 102 Å². The van der Waals surface area contributed by atoms with Crippen molar-refractivity contribution in [1.82, 2.24) is 0 Å². The molecule has 1 aliphatic heterocycles. The van der Waals surface area contributed by atoms with Gasteiger partial charge in [0.2, 0.25) is 0 Å². The standard InChI is InChI=1S/C13H16N2O5/c1-8-9(4-3-5-10(8)15(18)19)14-11-6-20-7-13(11,2)12(16)17/h3-5,11,14H,6-7H2,1-2H3,(H,16,17). The molecule has 1 fully saturated rings. The van der Waals surface area contributed by atoms with Gasteiger partial charge in [-0.25, -0.2) is 0 Å². The number of carboxylic acids is 1. The molecule has 108 valence electrons. The van der Waals surface area contributed by atoms with Gasteiger partial charge in [0.1, 0.15) is 5.41 Å². The first-order valence-electron chi connectivity index (χ1n) is 6.18. The first-order chi connectivity index (χ1) is 9.36. The molecule has 0 saturated carbocycles. The van der Waals surface area contributed by atoms with Crippen molar-refractivity contribution in [3.8, 4) is 0 Å². The Balaban J connectivity index is 2.29. The third-order valence-electron chi connectivity index (χ3n) is 3.78. The van der Waals surface area contributed by atoms with Crippen LogP contribution < -0.4 is 5.32 Å². The summed E-state index contributed by atoms with van der Waals surface area (Å²) in [6.45, 7) is 3.61. The minimum atomic E-state index is -1.04. The molecule has 20 heavy (non-hydrogen) atoms. The van der Waals surface area contributed by atoms with Crippen LogP contribution in [0.4, 0.5) is 11.4 Å². The van der Waals surface area contributed by atoms with Gasteiger partial charge >= 0.3 is 5.97 Å². The van der Waals surface area contributed by atoms with E-state index >= 15 is 0 Å². The Kier molecular flexibility index (Phi) is 3.63. The minimum absolute atomic E-state index is 0.00550. The van der Waals surface area contributed by atoms with Gasteiger partial charge in [0, 0.05) is 17.3 Å². The van der Waals surface area contributed by atoms with E-state index in [2.05, 4.69) is 5.32 Å². The van der Waals surface area contributed by atoms with E-state index in [1.165, 1.54) is 6.07 Å². The van der Waals surface area contributed by atoms with Crippen LogP contribution in [0.2, 0.25) is 0 Å². The molecule has 2 atom stereocenters. The van der Waals surface area contributed by atoms with Crippen LogP contribution in [0.1, 0.15) is 12.5 Å². The highest BCUT2D eigenvalue weighted by Gasteiger charge is 2.46. The molecule has 2 unspecified atom stereocenters. The third kappa shape index (κ3) is 2.32. The highest BCUT2D eigenvalue weighted by atomic mass is 16.6. The number of aliphatic carboxylic acids is 1. The lowest BCUT2D eigenvalue weighted by Gasteiger charge is -2.26. The second-order valence-corrected chi connectivity index (χ2v) is 5.14. The number of benzene rings is 1. The summed E-state index contributed by atoms with van der Waals surface area (Å²) in [7, 11) is 0. The smallest absolute Gasteiger partial charge is 0.313 e. The second kappa shape index (κ2) is 5.09. The molecule has 0 aliphatic carbocycles. The van der Waals surface area contributed by atoms with Crippen LogP contribution in [-0.2, 0) is 9.53 Å². The lowest BCUT2D eigenvalue weighted by Crippen LogP contribution is -2.43. The van der Waals surface area contributed by atoms with Gasteiger partial charge in [-0.3, -0.25) is 14.9 Å². The van der Waals surface area contributed by atoms with Crippen LogP contribution in [-0.4, -0.2) is 35.3 Å². The largest absolute Gasteiger partial charge is 0.481 e. The average Bonchev–Trinajstić information content (AvgIpc) is 2.74. The van der Waals surface area contributed by atoms with Crippen LogP contribution in [0.3, 0.4) is 0 Å². The van der Waals surface area contributed by atoms with E-state index in [9.17, 15) is 20.0 Å². The molecule has 2 rings (SSSR count). The Morgan fingerprint density at radius 3 is 2.90 bits per heavy atom. The van der Waals surface area contributed by atoms with Gasteiger partial charge in [0.05, 0.1) is 24.2 Å². The highest BCUT2D eigenvalue weighted by Crippen LogP contribution is 2.33. The predicted octanol–water partition coefficient (Wildman–Crippen LogP) is 1.80. The Bertz CT molecular complexity index is 560.